The first-order valence-corrected chi connectivity index (χ1v) is 2.48. The van der Waals surface area contributed by atoms with Crippen LogP contribution < -0.4 is 5.32 Å². The summed E-state index contributed by atoms with van der Waals surface area (Å²) in [4.78, 5) is 10.4. The van der Waals surface area contributed by atoms with Gasteiger partial charge in [0.1, 0.15) is 0 Å². The highest BCUT2D eigenvalue weighted by Gasteiger charge is 2.29. The van der Waals surface area contributed by atoms with Gasteiger partial charge in [-0.05, 0) is 12.8 Å². The van der Waals surface area contributed by atoms with Crippen molar-refractivity contribution in [1.82, 2.24) is 5.32 Å². The zero-order valence-electron chi connectivity index (χ0n) is 4.35. The summed E-state index contributed by atoms with van der Waals surface area (Å²) in [7, 11) is 1.56. The molecule has 1 aliphatic rings. The molecule has 0 unspecified atom stereocenters. The SMILES string of the molecule is C[N]C(=O)C1CC1. The molecular formula is C5H8NO. The number of carbonyl (C=O) groups excluding carboxylic acids is 1. The quantitative estimate of drug-likeness (QED) is 0.459. The van der Waals surface area contributed by atoms with Crippen molar-refractivity contribution in [2.45, 2.75) is 12.8 Å². The van der Waals surface area contributed by atoms with Crippen molar-refractivity contribution < 1.29 is 4.79 Å². The minimum absolute atomic E-state index is 0.0833. The third-order valence-electron chi connectivity index (χ3n) is 1.15. The Hall–Kier alpha value is -0.530. The largest absolute Gasteiger partial charge is 0.273 e. The molecule has 1 aliphatic carbocycles. The van der Waals surface area contributed by atoms with E-state index < -0.39 is 0 Å². The van der Waals surface area contributed by atoms with Crippen molar-refractivity contribution in [1.29, 1.82) is 0 Å². The fourth-order valence-electron chi connectivity index (χ4n) is 0.513. The van der Waals surface area contributed by atoms with Gasteiger partial charge in [0.2, 0.25) is 5.91 Å². The number of amides is 1. The standard InChI is InChI=1S/C5H8NO/c1-6-5(7)4-2-3-4/h4H,2-3H2,1H3. The summed E-state index contributed by atoms with van der Waals surface area (Å²) >= 11 is 0. The molecule has 1 radical (unpaired) electrons. The van der Waals surface area contributed by atoms with Gasteiger partial charge in [-0.3, -0.25) is 10.1 Å². The average Bonchev–Trinajstić information content (AvgIpc) is 2.44. The summed E-state index contributed by atoms with van der Waals surface area (Å²) in [5.41, 5.74) is 0. The molecule has 2 nitrogen and oxygen atoms in total. The Labute approximate surface area is 42.9 Å². The molecule has 39 valence electrons. The van der Waals surface area contributed by atoms with Gasteiger partial charge in [0.25, 0.3) is 0 Å². The Morgan fingerprint density at radius 1 is 1.71 bits per heavy atom. The Bertz CT molecular complexity index is 86.1. The van der Waals surface area contributed by atoms with Gasteiger partial charge < -0.3 is 0 Å². The van der Waals surface area contributed by atoms with Crippen molar-refractivity contribution in [3.63, 3.8) is 0 Å². The van der Waals surface area contributed by atoms with E-state index in [0.29, 0.717) is 5.92 Å². The van der Waals surface area contributed by atoms with Crippen molar-refractivity contribution in [2.75, 3.05) is 7.05 Å². The van der Waals surface area contributed by atoms with E-state index in [9.17, 15) is 4.79 Å². The second-order valence-electron chi connectivity index (χ2n) is 1.84. The minimum atomic E-state index is 0.0833. The van der Waals surface area contributed by atoms with Crippen LogP contribution in [0.15, 0.2) is 0 Å². The topological polar surface area (TPSA) is 31.2 Å². The number of hydrogen-bond donors (Lipinski definition) is 0. The first-order valence-electron chi connectivity index (χ1n) is 2.48. The fraction of sp³-hybridized carbons (Fsp3) is 0.800. The molecule has 1 fully saturated rings. The number of carbonyl (C=O) groups is 1. The molecule has 0 bridgehead atoms. The molecule has 0 aromatic rings. The molecule has 0 aromatic heterocycles. The molecule has 2 heteroatoms. The van der Waals surface area contributed by atoms with E-state index in [2.05, 4.69) is 5.32 Å². The molecule has 0 saturated heterocycles. The van der Waals surface area contributed by atoms with Gasteiger partial charge in [0.15, 0.2) is 0 Å². The van der Waals surface area contributed by atoms with Gasteiger partial charge in [-0.2, -0.15) is 0 Å². The Balaban J connectivity index is 2.24. The van der Waals surface area contributed by atoms with Crippen LogP contribution in [0.4, 0.5) is 0 Å². The predicted octanol–water partition coefficient (Wildman–Crippen LogP) is 0.157. The van der Waals surface area contributed by atoms with Gasteiger partial charge in [-0.15, -0.1) is 0 Å². The van der Waals surface area contributed by atoms with Crippen molar-refractivity contribution in [3.05, 3.63) is 0 Å². The number of nitrogens with zero attached hydrogens (tertiary/aromatic N) is 1. The smallest absolute Gasteiger partial charge is 0.243 e. The summed E-state index contributed by atoms with van der Waals surface area (Å²) in [5.74, 6) is 0.394. The van der Waals surface area contributed by atoms with Crippen LogP contribution in [0.2, 0.25) is 0 Å². The minimum Gasteiger partial charge on any atom is -0.273 e. The second-order valence-corrected chi connectivity index (χ2v) is 1.84. The van der Waals surface area contributed by atoms with Crippen LogP contribution in [0, 0.1) is 5.92 Å². The van der Waals surface area contributed by atoms with Crippen molar-refractivity contribution in [2.24, 2.45) is 5.92 Å². The van der Waals surface area contributed by atoms with Crippen LogP contribution in [-0.4, -0.2) is 13.0 Å². The Morgan fingerprint density at radius 2 is 2.29 bits per heavy atom. The normalized spacial score (nSPS) is 19.0. The monoisotopic (exact) mass is 98.1 g/mol. The molecule has 1 amide bonds. The molecule has 0 heterocycles. The lowest BCUT2D eigenvalue weighted by atomic mass is 10.4. The maximum Gasteiger partial charge on any atom is 0.243 e. The van der Waals surface area contributed by atoms with Gasteiger partial charge in [-0.1, -0.05) is 0 Å². The van der Waals surface area contributed by atoms with Gasteiger partial charge >= 0.3 is 0 Å². The molecule has 0 aromatic carbocycles. The van der Waals surface area contributed by atoms with Crippen LogP contribution in [0.5, 0.6) is 0 Å². The van der Waals surface area contributed by atoms with E-state index in [0.717, 1.165) is 12.8 Å². The molecular weight excluding hydrogens is 90.1 g/mol. The summed E-state index contributed by atoms with van der Waals surface area (Å²) in [6.45, 7) is 0. The Kier molecular flexibility index (Phi) is 1.01. The number of hydrogen-bond acceptors (Lipinski definition) is 1. The Morgan fingerprint density at radius 3 is 2.43 bits per heavy atom. The molecule has 1 rings (SSSR count). The molecule has 1 saturated carbocycles. The van der Waals surface area contributed by atoms with Crippen LogP contribution in [0.1, 0.15) is 12.8 Å². The van der Waals surface area contributed by atoms with E-state index in [1.54, 1.807) is 7.05 Å². The van der Waals surface area contributed by atoms with E-state index in [-0.39, 0.29) is 5.91 Å². The third-order valence-corrected chi connectivity index (χ3v) is 1.15. The van der Waals surface area contributed by atoms with Crippen LogP contribution in [0.25, 0.3) is 0 Å². The zero-order valence-corrected chi connectivity index (χ0v) is 4.35. The van der Waals surface area contributed by atoms with Crippen LogP contribution in [-0.2, 0) is 4.79 Å². The first kappa shape index (κ1) is 4.62. The highest BCUT2D eigenvalue weighted by Crippen LogP contribution is 2.28. The number of rotatable bonds is 1. The summed E-state index contributed by atoms with van der Waals surface area (Å²) < 4.78 is 0. The van der Waals surface area contributed by atoms with Gasteiger partial charge in [0, 0.05) is 13.0 Å². The molecule has 0 N–H and O–H groups in total. The van der Waals surface area contributed by atoms with Crippen molar-refractivity contribution >= 4 is 5.91 Å². The van der Waals surface area contributed by atoms with E-state index in [4.69, 9.17) is 0 Å². The van der Waals surface area contributed by atoms with Gasteiger partial charge in [-0.25, -0.2) is 0 Å². The third kappa shape index (κ3) is 0.918. The molecule has 0 aliphatic heterocycles. The highest BCUT2D eigenvalue weighted by molar-refractivity contribution is 5.80. The zero-order chi connectivity index (χ0) is 5.28. The second kappa shape index (κ2) is 1.52. The fourth-order valence-corrected chi connectivity index (χ4v) is 0.513. The van der Waals surface area contributed by atoms with Crippen LogP contribution >= 0.6 is 0 Å². The summed E-state index contributed by atoms with van der Waals surface area (Å²) in [6.07, 6.45) is 2.13. The average molecular weight is 98.1 g/mol. The first-order chi connectivity index (χ1) is 3.34. The molecule has 0 spiro atoms. The lowest BCUT2D eigenvalue weighted by molar-refractivity contribution is -0.122. The maximum absolute atomic E-state index is 10.4. The lowest BCUT2D eigenvalue weighted by Gasteiger charge is -1.85. The summed E-state index contributed by atoms with van der Waals surface area (Å²) in [6, 6.07) is 0. The molecule has 0 atom stereocenters. The van der Waals surface area contributed by atoms with Gasteiger partial charge in [0.05, 0.1) is 0 Å². The highest BCUT2D eigenvalue weighted by atomic mass is 16.1. The van der Waals surface area contributed by atoms with E-state index >= 15 is 0 Å². The van der Waals surface area contributed by atoms with Crippen LogP contribution in [0.3, 0.4) is 0 Å². The predicted molar refractivity (Wildman–Crippen MR) is 25.8 cm³/mol. The van der Waals surface area contributed by atoms with E-state index in [1.807, 2.05) is 0 Å². The lowest BCUT2D eigenvalue weighted by Crippen LogP contribution is -2.11. The summed E-state index contributed by atoms with van der Waals surface area (Å²) in [5, 5.41) is 3.51. The maximum atomic E-state index is 10.4. The van der Waals surface area contributed by atoms with Crippen molar-refractivity contribution in [3.8, 4) is 0 Å². The van der Waals surface area contributed by atoms with E-state index in [1.165, 1.54) is 0 Å². The molecule has 7 heavy (non-hydrogen) atoms.